The van der Waals surface area contributed by atoms with E-state index in [9.17, 15) is 31.1 Å². The molecule has 6 heterocycles. The van der Waals surface area contributed by atoms with Gasteiger partial charge in [0.1, 0.15) is 0 Å². The van der Waals surface area contributed by atoms with E-state index in [2.05, 4.69) is 15.1 Å². The molecule has 22 heteroatoms. The van der Waals surface area contributed by atoms with Crippen molar-refractivity contribution >= 4 is 17.5 Å². The summed E-state index contributed by atoms with van der Waals surface area (Å²) in [6.45, 7) is 10.2. The molecule has 1 amide bonds. The molecular formula is C61H70ClF10IN7O3+3. The van der Waals surface area contributed by atoms with Gasteiger partial charge >= 0.3 is 373 Å². The Hall–Kier alpha value is -5.33. The van der Waals surface area contributed by atoms with Crippen LogP contribution in [-0.4, -0.2) is 93.8 Å². The fourth-order valence-electron chi connectivity index (χ4n) is 11.3. The molecule has 3 aliphatic rings. The molecule has 4 aromatic heterocycles. The summed E-state index contributed by atoms with van der Waals surface area (Å²) in [5.41, 5.74) is -0.699. The van der Waals surface area contributed by atoms with Gasteiger partial charge in [-0.3, -0.25) is 4.90 Å². The fourth-order valence-corrected chi connectivity index (χ4v) is 22.5. The number of aryl methyl sites for hydroxylation is 3. The van der Waals surface area contributed by atoms with Crippen molar-refractivity contribution < 1.29 is 91.8 Å². The second-order valence-corrected chi connectivity index (χ2v) is 29.1. The predicted molar refractivity (Wildman–Crippen MR) is 287 cm³/mol. The number of amides is 1. The first kappa shape index (κ1) is 62.2. The van der Waals surface area contributed by atoms with Crippen LogP contribution in [0.4, 0.5) is 43.9 Å². The molecule has 1 atom stereocenters. The molecular weight excluding hydrogens is 1230 g/mol. The van der Waals surface area contributed by atoms with Crippen molar-refractivity contribution in [3.8, 4) is 33.9 Å². The molecule has 10 nitrogen and oxygen atoms in total. The Morgan fingerprint density at radius 3 is 1.86 bits per heavy atom. The van der Waals surface area contributed by atoms with Crippen LogP contribution in [0.1, 0.15) is 92.5 Å². The Balaban J connectivity index is 0.997. The number of ether oxygens (including phenoxy) is 2. The fraction of sp³-hybridized carbons (Fsp3) is 0.459. The van der Waals surface area contributed by atoms with E-state index in [0.29, 0.717) is 73.9 Å². The van der Waals surface area contributed by atoms with E-state index in [1.165, 1.54) is 11.6 Å². The molecule has 0 bridgehead atoms. The first-order valence-corrected chi connectivity index (χ1v) is 32.9. The number of carbonyl (C=O) groups is 1. The zero-order valence-electron chi connectivity index (χ0n) is 46.5. The zero-order valence-corrected chi connectivity index (χ0v) is 49.4. The number of hydrogen-bond acceptors (Lipinski definition) is 5. The van der Waals surface area contributed by atoms with Crippen molar-refractivity contribution in [2.24, 2.45) is 7.05 Å². The Morgan fingerprint density at radius 1 is 0.651 bits per heavy atom. The van der Waals surface area contributed by atoms with Gasteiger partial charge in [0, 0.05) is 51.8 Å². The van der Waals surface area contributed by atoms with Gasteiger partial charge < -0.3 is 9.64 Å². The molecule has 1 N–H and O–H groups in total. The summed E-state index contributed by atoms with van der Waals surface area (Å²) in [4.78, 5) is 18.2. The third-order valence-electron chi connectivity index (χ3n) is 15.6. The second kappa shape index (κ2) is 27.4. The summed E-state index contributed by atoms with van der Waals surface area (Å²) in [6.07, 6.45) is 3.07. The van der Waals surface area contributed by atoms with Gasteiger partial charge in [-0.25, -0.2) is 0 Å². The van der Waals surface area contributed by atoms with Gasteiger partial charge in [-0.15, -0.1) is 11.6 Å². The minimum absolute atomic E-state index is 0.0437. The quantitative estimate of drug-likeness (QED) is 0.0221. The van der Waals surface area contributed by atoms with Crippen molar-refractivity contribution in [1.29, 1.82) is 0 Å². The van der Waals surface area contributed by atoms with Crippen LogP contribution in [0.2, 0.25) is 0 Å². The Labute approximate surface area is 487 Å². The number of nitrogens with zero attached hydrogens (tertiary/aromatic N) is 6. The first-order chi connectivity index (χ1) is 39.8. The number of aromatic nitrogens is 4. The van der Waals surface area contributed by atoms with Crippen LogP contribution in [0.15, 0.2) is 97.6 Å². The molecule has 9 rings (SSSR count). The molecule has 0 spiro atoms. The van der Waals surface area contributed by atoms with Crippen LogP contribution in [0.3, 0.4) is 0 Å². The molecule has 1 unspecified atom stereocenters. The van der Waals surface area contributed by atoms with E-state index >= 15 is 17.6 Å². The number of piperazine rings is 1. The Morgan fingerprint density at radius 2 is 1.22 bits per heavy atom. The number of hydrogen-bond donors (Lipinski definition) is 1. The van der Waals surface area contributed by atoms with Gasteiger partial charge in [-0.1, -0.05) is 12.8 Å². The topological polar surface area (TPSA) is 69.6 Å². The van der Waals surface area contributed by atoms with Crippen LogP contribution in [0.5, 0.6) is 0 Å². The number of rotatable bonds is 24. The maximum atomic E-state index is 17.5. The third kappa shape index (κ3) is 14.3. The van der Waals surface area contributed by atoms with E-state index in [1.807, 2.05) is 0 Å². The van der Waals surface area contributed by atoms with Crippen LogP contribution in [0, 0.1) is 37.3 Å². The normalized spacial score (nSPS) is 17.7. The molecule has 83 heavy (non-hydrogen) atoms. The molecule has 0 radical (unpaired) electrons. The van der Waals surface area contributed by atoms with Crippen molar-refractivity contribution in [2.75, 3.05) is 78.1 Å². The first-order valence-electron chi connectivity index (χ1n) is 28.2. The number of benzene rings is 2. The van der Waals surface area contributed by atoms with E-state index in [-0.39, 0.29) is 54.9 Å². The van der Waals surface area contributed by atoms with Crippen LogP contribution < -0.4 is 39.0 Å². The molecule has 1 saturated carbocycles. The minimum atomic E-state index is -5.59. The summed E-state index contributed by atoms with van der Waals surface area (Å²) in [5.74, 6) is -4.09. The van der Waals surface area contributed by atoms with Crippen LogP contribution >= 0.6 is 11.6 Å². The summed E-state index contributed by atoms with van der Waals surface area (Å²) < 4.78 is 171. The molecule has 2 fully saturated rings. The summed E-state index contributed by atoms with van der Waals surface area (Å²) in [6, 6.07) is 13.5. The molecule has 1 aliphatic carbocycles. The second-order valence-electron chi connectivity index (χ2n) is 21.4. The Bertz CT molecular complexity index is 3270. The van der Waals surface area contributed by atoms with Crippen molar-refractivity contribution in [3.05, 3.63) is 150 Å². The number of nitrogens with one attached hydrogen (secondary N) is 1. The maximum absolute atomic E-state index is 17.5. The van der Waals surface area contributed by atoms with Gasteiger partial charge in [-0.05, 0) is 19.3 Å². The van der Waals surface area contributed by atoms with E-state index in [1.54, 1.807) is 49.1 Å². The van der Waals surface area contributed by atoms with Crippen LogP contribution in [-0.2, 0) is 40.1 Å². The molecule has 6 aromatic rings. The number of fused-ring (bicyclic) bond motifs is 3. The van der Waals surface area contributed by atoms with Crippen LogP contribution in [0.25, 0.3) is 33.9 Å². The van der Waals surface area contributed by atoms with Crippen molar-refractivity contribution in [2.45, 2.75) is 95.9 Å². The average molecular weight is 1300 g/mol. The summed E-state index contributed by atoms with van der Waals surface area (Å²) in [5, 5.41) is 2.92. The Kier molecular flexibility index (Phi) is 20.5. The average Bonchev–Trinajstić information content (AvgIpc) is 1.67. The SMILES string of the molecule is Cc1cc[n+]2c(c1)-c1cc(CCC(=O)NCCOCCCN3CCN(CCOCCCCCCCl)CC3)cc[n+]1[I-]2(c1cc(F)cc(F)c1-c1ccc(C(F)(F)F)c[n+]1C)c1cc(F)cc(F)c1-c1ccc(C(F)(F)F)c[n+]1C1CCCC1. The van der Waals surface area contributed by atoms with Crippen molar-refractivity contribution in [1.82, 2.24) is 15.1 Å². The number of pyridine rings is 4. The third-order valence-corrected chi connectivity index (χ3v) is 25.5. The van der Waals surface area contributed by atoms with Gasteiger partial charge in [-0.2, -0.15) is 0 Å². The summed E-state index contributed by atoms with van der Waals surface area (Å²) >= 11 is 0.156. The molecule has 1 saturated heterocycles. The van der Waals surface area contributed by atoms with E-state index in [4.69, 9.17) is 21.1 Å². The standard InChI is InChI=1S/C61H69ClF10IN7O3/c1-42-18-23-79-55(34-42)56-35-43(12-17-57(81)74-21-32-82-31-9-22-76-25-27-77(28-26-76)29-33-83-30-8-4-3-7-20-62)19-24-80(56)73(79,51-38-46(63)36-49(65)58(51)53-15-13-44(40-75(53)2)60(67,68)69)52-39-47(64)37-50(66)59(52)54-16-14-45(61(70,71)72)41-78(54)48-10-5-6-11-48/h13-16,18-19,23-24,34-41,48H,3-12,17,20-22,25-33H2,1-2H3/q+2/p+1. The predicted octanol–water partition coefficient (Wildman–Crippen LogP) is 7.72. The number of halogens is 12. The number of alkyl halides is 7. The van der Waals surface area contributed by atoms with Gasteiger partial charge in [0.05, 0.1) is 6.61 Å². The summed E-state index contributed by atoms with van der Waals surface area (Å²) in [7, 11) is 1.27. The monoisotopic (exact) mass is 1300 g/mol. The molecule has 2 aliphatic heterocycles. The van der Waals surface area contributed by atoms with Gasteiger partial charge in [0.2, 0.25) is 0 Å². The van der Waals surface area contributed by atoms with Crippen molar-refractivity contribution in [3.63, 3.8) is 0 Å². The molecule has 2 aromatic carbocycles. The number of unbranched alkanes of at least 4 members (excludes halogenated alkanes) is 3. The molecule has 448 valence electrons. The van der Waals surface area contributed by atoms with Gasteiger partial charge in [0.25, 0.3) is 0 Å². The van der Waals surface area contributed by atoms with E-state index in [0.717, 1.165) is 144 Å². The zero-order chi connectivity index (χ0) is 59.1. The van der Waals surface area contributed by atoms with Gasteiger partial charge in [0.15, 0.2) is 0 Å². The van der Waals surface area contributed by atoms with E-state index < -0.39 is 71.8 Å². The number of carbonyl (C=O) groups excluding carboxylic acids is 1.